The normalized spacial score (nSPS) is 12.2. The first-order valence-electron chi connectivity index (χ1n) is 10.8. The Kier molecular flexibility index (Phi) is 7.15. The number of aromatic amines is 1. The number of anilines is 1. The van der Waals surface area contributed by atoms with Gasteiger partial charge in [-0.25, -0.2) is 24.4 Å². The largest absolute Gasteiger partial charge is 0.423 e. The van der Waals surface area contributed by atoms with Crippen molar-refractivity contribution >= 4 is 16.6 Å². The zero-order valence-electron chi connectivity index (χ0n) is 19.0. The Morgan fingerprint density at radius 1 is 0.921 bits per heavy atom. The molecule has 3 heterocycles. The Hall–Kier alpha value is -4.37. The van der Waals surface area contributed by atoms with Crippen molar-refractivity contribution in [1.82, 2.24) is 29.7 Å². The Balaban J connectivity index is 1.44. The molecule has 2 N–H and O–H groups in total. The lowest BCUT2D eigenvalue weighted by atomic mass is 10.1. The molecule has 0 aliphatic rings. The number of nitrogens with zero attached hydrogens (tertiary/aromatic N) is 5. The number of fused-ring (bicyclic) bond motifs is 1. The summed E-state index contributed by atoms with van der Waals surface area (Å²) in [5, 5.41) is 7.49. The summed E-state index contributed by atoms with van der Waals surface area (Å²) in [6.07, 6.45) is -5.85. The minimum Gasteiger partial charge on any atom is -0.383 e. The number of benzene rings is 1. The summed E-state index contributed by atoms with van der Waals surface area (Å²) < 4.78 is 93.3. The molecule has 3 aromatic heterocycles. The molecular weight excluding hydrogens is 527 g/mol. The first-order chi connectivity index (χ1) is 17.9. The molecule has 9 nitrogen and oxygen atoms in total. The van der Waals surface area contributed by atoms with Gasteiger partial charge in [0, 0.05) is 25.5 Å². The quantitative estimate of drug-likeness (QED) is 0.267. The third kappa shape index (κ3) is 5.63. The molecule has 0 radical (unpaired) electrons. The molecule has 0 saturated heterocycles. The maximum atomic E-state index is 14.7. The number of unbranched alkanes of at least 4 members (excludes halogenated alkanes) is 1. The highest BCUT2D eigenvalue weighted by Crippen LogP contribution is 2.31. The van der Waals surface area contributed by atoms with E-state index in [0.29, 0.717) is 25.2 Å². The summed E-state index contributed by atoms with van der Waals surface area (Å²) >= 11 is 0. The highest BCUT2D eigenvalue weighted by molar-refractivity contribution is 5.82. The predicted octanol–water partition coefficient (Wildman–Crippen LogP) is 4.01. The Morgan fingerprint density at radius 3 is 2.29 bits per heavy atom. The van der Waals surface area contributed by atoms with Crippen LogP contribution >= 0.6 is 0 Å². The van der Waals surface area contributed by atoms with Crippen LogP contribution in [0.15, 0.2) is 46.6 Å². The zero-order chi connectivity index (χ0) is 27.7. The molecule has 0 spiro atoms. The molecular formula is C22H16F7N7O2. The maximum absolute atomic E-state index is 14.7. The molecule has 0 fully saturated rings. The molecule has 0 aliphatic carbocycles. The van der Waals surface area contributed by atoms with Crippen molar-refractivity contribution in [3.8, 4) is 11.4 Å². The van der Waals surface area contributed by atoms with E-state index in [4.69, 9.17) is 0 Å². The summed E-state index contributed by atoms with van der Waals surface area (Å²) in [4.78, 5) is 35.5. The maximum Gasteiger partial charge on any atom is 0.423 e. The number of hydrogen-bond donors (Lipinski definition) is 2. The van der Waals surface area contributed by atoms with Crippen LogP contribution in [0.3, 0.4) is 0 Å². The summed E-state index contributed by atoms with van der Waals surface area (Å²) in [6, 6.07) is 2.04. The molecule has 0 amide bonds. The average Bonchev–Trinajstić information content (AvgIpc) is 2.84. The highest BCUT2D eigenvalue weighted by Gasteiger charge is 2.37. The summed E-state index contributed by atoms with van der Waals surface area (Å²) in [7, 11) is 0. The fourth-order valence-electron chi connectivity index (χ4n) is 3.57. The van der Waals surface area contributed by atoms with E-state index in [9.17, 15) is 40.3 Å². The second-order valence-corrected chi connectivity index (χ2v) is 8.00. The number of rotatable bonds is 7. The summed E-state index contributed by atoms with van der Waals surface area (Å²) in [5.41, 5.74) is -5.13. The second kappa shape index (κ2) is 10.2. The van der Waals surface area contributed by atoms with E-state index in [0.717, 1.165) is 18.3 Å². The van der Waals surface area contributed by atoms with Gasteiger partial charge in [0.15, 0.2) is 5.82 Å². The van der Waals surface area contributed by atoms with Crippen molar-refractivity contribution < 1.29 is 30.7 Å². The van der Waals surface area contributed by atoms with Crippen LogP contribution < -0.4 is 16.4 Å². The fraction of sp³-hybridized carbons (Fsp3) is 0.273. The lowest BCUT2D eigenvalue weighted by molar-refractivity contribution is -0.139. The number of H-pyrrole nitrogens is 1. The van der Waals surface area contributed by atoms with E-state index in [1.807, 2.05) is 0 Å². The van der Waals surface area contributed by atoms with Crippen LogP contribution in [0.2, 0.25) is 0 Å². The topological polar surface area (TPSA) is 118 Å². The summed E-state index contributed by atoms with van der Waals surface area (Å²) in [5.74, 6) is -1.26. The van der Waals surface area contributed by atoms with Gasteiger partial charge in [-0.2, -0.15) is 31.4 Å². The average molecular weight is 543 g/mol. The van der Waals surface area contributed by atoms with Gasteiger partial charge in [0.05, 0.1) is 40.2 Å². The molecule has 0 atom stereocenters. The molecule has 0 unspecified atom stereocenters. The zero-order valence-corrected chi connectivity index (χ0v) is 19.0. The minimum atomic E-state index is -4.88. The Labute approximate surface area is 207 Å². The van der Waals surface area contributed by atoms with Gasteiger partial charge < -0.3 is 5.32 Å². The Morgan fingerprint density at radius 2 is 1.63 bits per heavy atom. The van der Waals surface area contributed by atoms with Crippen LogP contribution in [0, 0.1) is 5.82 Å². The second-order valence-electron chi connectivity index (χ2n) is 8.00. The van der Waals surface area contributed by atoms with Gasteiger partial charge in [-0.1, -0.05) is 0 Å². The SMILES string of the molecule is O=c1[nH]ncc(NCCCCn2cnc3cc(-c4ncc(C(F)(F)F)cn4)c(F)cc3c2=O)c1C(F)(F)F. The third-order valence-corrected chi connectivity index (χ3v) is 5.41. The Bertz CT molecular complexity index is 1580. The molecule has 0 saturated carbocycles. The monoisotopic (exact) mass is 543 g/mol. The van der Waals surface area contributed by atoms with Gasteiger partial charge in [-0.15, -0.1) is 0 Å². The number of halogens is 7. The molecule has 0 aliphatic heterocycles. The molecule has 4 aromatic rings. The molecule has 200 valence electrons. The fourth-order valence-corrected chi connectivity index (χ4v) is 3.57. The third-order valence-electron chi connectivity index (χ3n) is 5.41. The summed E-state index contributed by atoms with van der Waals surface area (Å²) in [6.45, 7) is 0.143. The van der Waals surface area contributed by atoms with Gasteiger partial charge in [0.25, 0.3) is 11.1 Å². The van der Waals surface area contributed by atoms with E-state index < -0.39 is 46.1 Å². The van der Waals surface area contributed by atoms with Gasteiger partial charge in [-0.3, -0.25) is 14.2 Å². The number of hydrogen-bond acceptors (Lipinski definition) is 7. The first-order valence-corrected chi connectivity index (χ1v) is 10.8. The predicted molar refractivity (Wildman–Crippen MR) is 120 cm³/mol. The van der Waals surface area contributed by atoms with E-state index in [2.05, 4.69) is 25.4 Å². The van der Waals surface area contributed by atoms with Crippen molar-refractivity contribution in [2.24, 2.45) is 0 Å². The minimum absolute atomic E-state index is 0.0368. The van der Waals surface area contributed by atoms with Crippen molar-refractivity contribution in [1.29, 1.82) is 0 Å². The van der Waals surface area contributed by atoms with Crippen LogP contribution in [0.5, 0.6) is 0 Å². The number of aryl methyl sites for hydroxylation is 1. The molecule has 38 heavy (non-hydrogen) atoms. The molecule has 1 aromatic carbocycles. The molecule has 16 heteroatoms. The van der Waals surface area contributed by atoms with E-state index in [1.54, 1.807) is 5.10 Å². The standard InChI is InChI=1S/C22H16F7N7O2/c23-14-5-13-15(6-12(14)18-31-7-11(8-32-18)21(24,25)26)33-10-36(20(13)38)4-2-1-3-30-16-9-34-35-19(37)17(16)22(27,28)29/h5-10H,1-4H2,(H2,30,35,37). The van der Waals surface area contributed by atoms with Crippen LogP contribution in [0.1, 0.15) is 24.0 Å². The lowest BCUT2D eigenvalue weighted by Gasteiger charge is -2.13. The van der Waals surface area contributed by atoms with Crippen LogP contribution in [0.25, 0.3) is 22.3 Å². The highest BCUT2D eigenvalue weighted by atomic mass is 19.4. The number of nitrogens with one attached hydrogen (secondary N) is 2. The van der Waals surface area contributed by atoms with Gasteiger partial charge >= 0.3 is 12.4 Å². The van der Waals surface area contributed by atoms with Crippen molar-refractivity contribution in [2.75, 3.05) is 11.9 Å². The van der Waals surface area contributed by atoms with Gasteiger partial charge in [0.1, 0.15) is 11.4 Å². The number of alkyl halides is 6. The lowest BCUT2D eigenvalue weighted by Crippen LogP contribution is -2.25. The number of aromatic nitrogens is 6. The van der Waals surface area contributed by atoms with Crippen LogP contribution in [0.4, 0.5) is 36.4 Å². The van der Waals surface area contributed by atoms with Crippen LogP contribution in [-0.2, 0) is 18.9 Å². The van der Waals surface area contributed by atoms with Gasteiger partial charge in [0.2, 0.25) is 0 Å². The van der Waals surface area contributed by atoms with E-state index in [1.165, 1.54) is 10.9 Å². The first kappa shape index (κ1) is 26.7. The van der Waals surface area contributed by atoms with E-state index in [-0.39, 0.29) is 35.4 Å². The molecule has 4 rings (SSSR count). The van der Waals surface area contributed by atoms with Crippen LogP contribution in [-0.4, -0.2) is 36.3 Å². The van der Waals surface area contributed by atoms with E-state index >= 15 is 0 Å². The molecule has 0 bridgehead atoms. The smallest absolute Gasteiger partial charge is 0.383 e. The van der Waals surface area contributed by atoms with Crippen molar-refractivity contribution in [3.63, 3.8) is 0 Å². The van der Waals surface area contributed by atoms with Crippen molar-refractivity contribution in [3.05, 3.63) is 74.7 Å². The van der Waals surface area contributed by atoms with Crippen molar-refractivity contribution in [2.45, 2.75) is 31.7 Å². The van der Waals surface area contributed by atoms with Gasteiger partial charge in [-0.05, 0) is 25.0 Å².